The number of rotatable bonds is 1. The summed E-state index contributed by atoms with van der Waals surface area (Å²) in [6, 6.07) is -0.241. The Morgan fingerprint density at radius 2 is 2.09 bits per heavy atom. The summed E-state index contributed by atoms with van der Waals surface area (Å²) < 4.78 is 5.10. The zero-order chi connectivity index (χ0) is 8.27. The quantitative estimate of drug-likeness (QED) is 0.557. The molecule has 1 heterocycles. The van der Waals surface area contributed by atoms with Gasteiger partial charge in [0.15, 0.2) is 0 Å². The maximum atomic E-state index is 10.6. The topological polar surface area (TPSA) is 72.5 Å². The van der Waals surface area contributed by atoms with Crippen molar-refractivity contribution in [3.05, 3.63) is 0 Å². The van der Waals surface area contributed by atoms with E-state index in [4.69, 9.17) is 15.6 Å². The van der Waals surface area contributed by atoms with E-state index in [1.54, 1.807) is 0 Å². The standard InChI is InChI=1S/C7H13NO3/c8-6-2-4-11-3-1-5(6)7(9)10/h5-6H,1-4,8H2,(H,9,10)/t5-,6+/m0/s1. The van der Waals surface area contributed by atoms with Crippen LogP contribution in [0.4, 0.5) is 0 Å². The molecule has 0 unspecified atom stereocenters. The smallest absolute Gasteiger partial charge is 0.308 e. The minimum atomic E-state index is -0.803. The highest BCUT2D eigenvalue weighted by Crippen LogP contribution is 2.14. The van der Waals surface area contributed by atoms with Crippen molar-refractivity contribution in [2.45, 2.75) is 18.9 Å². The first-order chi connectivity index (χ1) is 5.22. The third-order valence-electron chi connectivity index (χ3n) is 2.00. The number of carboxylic acids is 1. The van der Waals surface area contributed by atoms with Gasteiger partial charge in [-0.3, -0.25) is 4.79 Å². The van der Waals surface area contributed by atoms with Gasteiger partial charge >= 0.3 is 5.97 Å². The summed E-state index contributed by atoms with van der Waals surface area (Å²) >= 11 is 0. The van der Waals surface area contributed by atoms with Crippen LogP contribution >= 0.6 is 0 Å². The molecule has 0 saturated carbocycles. The van der Waals surface area contributed by atoms with Crippen molar-refractivity contribution >= 4 is 5.97 Å². The predicted octanol–water partition coefficient (Wildman–Crippen LogP) is -0.175. The number of carbonyl (C=O) groups is 1. The molecule has 0 spiro atoms. The zero-order valence-corrected chi connectivity index (χ0v) is 6.32. The highest BCUT2D eigenvalue weighted by molar-refractivity contribution is 5.70. The second-order valence-electron chi connectivity index (χ2n) is 2.80. The Labute approximate surface area is 65.3 Å². The Kier molecular flexibility index (Phi) is 2.84. The number of ether oxygens (including phenoxy) is 1. The summed E-state index contributed by atoms with van der Waals surface area (Å²) in [5.41, 5.74) is 5.62. The molecule has 0 aliphatic carbocycles. The molecule has 0 bridgehead atoms. The number of carboxylic acid groups (broad SMARTS) is 1. The minimum Gasteiger partial charge on any atom is -0.481 e. The maximum Gasteiger partial charge on any atom is 0.308 e. The summed E-state index contributed by atoms with van der Waals surface area (Å²) in [5, 5.41) is 8.70. The fourth-order valence-electron chi connectivity index (χ4n) is 1.25. The van der Waals surface area contributed by atoms with Crippen molar-refractivity contribution in [1.82, 2.24) is 0 Å². The van der Waals surface area contributed by atoms with E-state index in [0.29, 0.717) is 26.1 Å². The van der Waals surface area contributed by atoms with Crippen LogP contribution in [-0.4, -0.2) is 30.3 Å². The molecule has 4 heteroatoms. The van der Waals surface area contributed by atoms with Crippen LogP contribution in [-0.2, 0) is 9.53 Å². The zero-order valence-electron chi connectivity index (χ0n) is 6.32. The highest BCUT2D eigenvalue weighted by atomic mass is 16.5. The third-order valence-corrected chi connectivity index (χ3v) is 2.00. The van der Waals surface area contributed by atoms with Crippen LogP contribution in [0, 0.1) is 5.92 Å². The van der Waals surface area contributed by atoms with E-state index in [2.05, 4.69) is 0 Å². The molecular formula is C7H13NO3. The molecule has 1 fully saturated rings. The Bertz CT molecular complexity index is 149. The van der Waals surface area contributed by atoms with E-state index in [0.717, 1.165) is 0 Å². The van der Waals surface area contributed by atoms with Gasteiger partial charge in [-0.1, -0.05) is 0 Å². The molecular weight excluding hydrogens is 146 g/mol. The van der Waals surface area contributed by atoms with Gasteiger partial charge in [-0.05, 0) is 12.8 Å². The summed E-state index contributed by atoms with van der Waals surface area (Å²) in [7, 11) is 0. The first-order valence-corrected chi connectivity index (χ1v) is 3.78. The van der Waals surface area contributed by atoms with Gasteiger partial charge in [0.1, 0.15) is 0 Å². The first-order valence-electron chi connectivity index (χ1n) is 3.78. The van der Waals surface area contributed by atoms with Crippen molar-refractivity contribution < 1.29 is 14.6 Å². The van der Waals surface area contributed by atoms with E-state index >= 15 is 0 Å². The average molecular weight is 159 g/mol. The summed E-state index contributed by atoms with van der Waals surface area (Å²) in [5.74, 6) is -1.22. The molecule has 64 valence electrons. The van der Waals surface area contributed by atoms with Crippen LogP contribution in [0.2, 0.25) is 0 Å². The Balaban J connectivity index is 2.52. The Morgan fingerprint density at radius 3 is 2.73 bits per heavy atom. The Hall–Kier alpha value is -0.610. The lowest BCUT2D eigenvalue weighted by atomic mass is 9.96. The van der Waals surface area contributed by atoms with Crippen molar-refractivity contribution in [2.24, 2.45) is 11.7 Å². The molecule has 1 aliphatic heterocycles. The van der Waals surface area contributed by atoms with E-state index in [1.165, 1.54) is 0 Å². The van der Waals surface area contributed by atoms with Gasteiger partial charge in [-0.25, -0.2) is 0 Å². The second-order valence-corrected chi connectivity index (χ2v) is 2.80. The average Bonchev–Trinajstić information content (AvgIpc) is 2.13. The summed E-state index contributed by atoms with van der Waals surface area (Å²) in [6.45, 7) is 1.11. The van der Waals surface area contributed by atoms with E-state index < -0.39 is 11.9 Å². The van der Waals surface area contributed by atoms with Gasteiger partial charge in [0.2, 0.25) is 0 Å². The largest absolute Gasteiger partial charge is 0.481 e. The van der Waals surface area contributed by atoms with Gasteiger partial charge in [0, 0.05) is 19.3 Å². The van der Waals surface area contributed by atoms with Crippen LogP contribution in [0.3, 0.4) is 0 Å². The number of hydrogen-bond acceptors (Lipinski definition) is 3. The fourth-order valence-corrected chi connectivity index (χ4v) is 1.25. The van der Waals surface area contributed by atoms with Gasteiger partial charge in [0.25, 0.3) is 0 Å². The molecule has 1 rings (SSSR count). The van der Waals surface area contributed by atoms with Crippen molar-refractivity contribution in [3.63, 3.8) is 0 Å². The van der Waals surface area contributed by atoms with Crippen LogP contribution in [0.1, 0.15) is 12.8 Å². The van der Waals surface area contributed by atoms with Crippen molar-refractivity contribution in [3.8, 4) is 0 Å². The molecule has 11 heavy (non-hydrogen) atoms. The lowest BCUT2D eigenvalue weighted by Gasteiger charge is -2.14. The van der Waals surface area contributed by atoms with Crippen molar-refractivity contribution in [1.29, 1.82) is 0 Å². The molecule has 0 aromatic heterocycles. The molecule has 1 aliphatic rings. The van der Waals surface area contributed by atoms with Crippen LogP contribution in [0.15, 0.2) is 0 Å². The monoisotopic (exact) mass is 159 g/mol. The van der Waals surface area contributed by atoms with E-state index in [1.807, 2.05) is 0 Å². The SMILES string of the molecule is N[C@@H]1CCOCC[C@@H]1C(=O)O. The molecule has 1 saturated heterocycles. The van der Waals surface area contributed by atoms with E-state index in [-0.39, 0.29) is 6.04 Å². The minimum absolute atomic E-state index is 0.241. The number of nitrogens with two attached hydrogens (primary N) is 1. The lowest BCUT2D eigenvalue weighted by Crippen LogP contribution is -2.35. The van der Waals surface area contributed by atoms with Gasteiger partial charge in [-0.15, -0.1) is 0 Å². The summed E-state index contributed by atoms with van der Waals surface area (Å²) in [4.78, 5) is 10.6. The second kappa shape index (κ2) is 3.69. The lowest BCUT2D eigenvalue weighted by molar-refractivity contribution is -0.142. The molecule has 0 aromatic rings. The van der Waals surface area contributed by atoms with Gasteiger partial charge in [-0.2, -0.15) is 0 Å². The number of hydrogen-bond donors (Lipinski definition) is 2. The molecule has 2 atom stereocenters. The maximum absolute atomic E-state index is 10.6. The van der Waals surface area contributed by atoms with E-state index in [9.17, 15) is 4.79 Å². The molecule has 0 radical (unpaired) electrons. The highest BCUT2D eigenvalue weighted by Gasteiger charge is 2.26. The third kappa shape index (κ3) is 2.17. The molecule has 0 aromatic carbocycles. The fraction of sp³-hybridized carbons (Fsp3) is 0.857. The normalized spacial score (nSPS) is 32.8. The molecule has 3 N–H and O–H groups in total. The molecule has 0 amide bonds. The first kappa shape index (κ1) is 8.49. The van der Waals surface area contributed by atoms with Crippen LogP contribution in [0.5, 0.6) is 0 Å². The summed E-state index contributed by atoms with van der Waals surface area (Å²) in [6.07, 6.45) is 1.19. The van der Waals surface area contributed by atoms with Gasteiger partial charge < -0.3 is 15.6 Å². The number of aliphatic carboxylic acids is 1. The Morgan fingerprint density at radius 1 is 1.45 bits per heavy atom. The van der Waals surface area contributed by atoms with Crippen LogP contribution in [0.25, 0.3) is 0 Å². The predicted molar refractivity (Wildman–Crippen MR) is 39.2 cm³/mol. The molecule has 4 nitrogen and oxygen atoms in total. The van der Waals surface area contributed by atoms with Gasteiger partial charge in [0.05, 0.1) is 5.92 Å². The van der Waals surface area contributed by atoms with Crippen molar-refractivity contribution in [2.75, 3.05) is 13.2 Å². The van der Waals surface area contributed by atoms with Crippen LogP contribution < -0.4 is 5.73 Å².